The van der Waals surface area contributed by atoms with Crippen molar-refractivity contribution in [3.05, 3.63) is 28.7 Å². The van der Waals surface area contributed by atoms with Crippen molar-refractivity contribution < 1.29 is 9.21 Å². The minimum atomic E-state index is -0.415. The molecular weight excluding hydrogens is 318 g/mol. The number of carbonyl (C=O) groups is 1. The Labute approximate surface area is 116 Å². The van der Waals surface area contributed by atoms with Crippen molar-refractivity contribution in [2.24, 2.45) is 5.73 Å². The van der Waals surface area contributed by atoms with Crippen molar-refractivity contribution >= 4 is 33.6 Å². The number of halogens is 1. The highest BCUT2D eigenvalue weighted by molar-refractivity contribution is 9.10. The third-order valence-electron chi connectivity index (χ3n) is 2.16. The van der Waals surface area contributed by atoms with Crippen LogP contribution in [0.15, 0.2) is 38.4 Å². The van der Waals surface area contributed by atoms with Gasteiger partial charge in [0.05, 0.1) is 5.25 Å². The van der Waals surface area contributed by atoms with Gasteiger partial charge in [-0.1, -0.05) is 33.8 Å². The van der Waals surface area contributed by atoms with Gasteiger partial charge in [0.25, 0.3) is 5.22 Å². The zero-order valence-corrected chi connectivity index (χ0v) is 11.9. The third kappa shape index (κ3) is 3.11. The van der Waals surface area contributed by atoms with Crippen molar-refractivity contribution in [3.8, 4) is 11.5 Å². The molecule has 0 spiro atoms. The number of hydrogen-bond acceptors (Lipinski definition) is 5. The molecule has 0 saturated carbocycles. The maximum Gasteiger partial charge on any atom is 0.277 e. The number of benzene rings is 1. The second kappa shape index (κ2) is 5.53. The van der Waals surface area contributed by atoms with E-state index < -0.39 is 11.2 Å². The van der Waals surface area contributed by atoms with Gasteiger partial charge in [-0.3, -0.25) is 4.79 Å². The van der Waals surface area contributed by atoms with Crippen LogP contribution in [0.3, 0.4) is 0 Å². The van der Waals surface area contributed by atoms with Crippen LogP contribution in [0, 0.1) is 0 Å². The monoisotopic (exact) mass is 327 g/mol. The molecule has 0 fully saturated rings. The molecule has 0 bridgehead atoms. The largest absolute Gasteiger partial charge is 0.411 e. The summed E-state index contributed by atoms with van der Waals surface area (Å²) in [5, 5.41) is 7.73. The molecule has 2 rings (SSSR count). The average Bonchev–Trinajstić information content (AvgIpc) is 2.77. The summed E-state index contributed by atoms with van der Waals surface area (Å²) in [6, 6.07) is 7.52. The highest BCUT2D eigenvalue weighted by atomic mass is 79.9. The minimum absolute atomic E-state index is 0.330. The highest BCUT2D eigenvalue weighted by Crippen LogP contribution is 2.27. The topological polar surface area (TPSA) is 82.0 Å². The second-order valence-corrected chi connectivity index (χ2v) is 5.75. The summed E-state index contributed by atoms with van der Waals surface area (Å²) in [6.45, 7) is 1.69. The molecule has 0 aliphatic rings. The number of rotatable bonds is 4. The predicted molar refractivity (Wildman–Crippen MR) is 71.9 cm³/mol. The molecule has 1 atom stereocenters. The first-order chi connectivity index (χ1) is 8.56. The van der Waals surface area contributed by atoms with E-state index in [0.29, 0.717) is 11.1 Å². The van der Waals surface area contributed by atoms with Gasteiger partial charge in [0.2, 0.25) is 11.8 Å². The molecule has 0 unspecified atom stereocenters. The van der Waals surface area contributed by atoms with Crippen LogP contribution in [0.5, 0.6) is 0 Å². The van der Waals surface area contributed by atoms with Crippen molar-refractivity contribution in [1.82, 2.24) is 10.2 Å². The summed E-state index contributed by atoms with van der Waals surface area (Å²) in [5.74, 6) is -0.00215. The van der Waals surface area contributed by atoms with Gasteiger partial charge in [-0.15, -0.1) is 10.2 Å². The number of amides is 1. The number of nitrogens with zero attached hydrogens (tertiary/aromatic N) is 2. The Balaban J connectivity index is 2.18. The van der Waals surface area contributed by atoms with Gasteiger partial charge < -0.3 is 10.2 Å². The smallest absolute Gasteiger partial charge is 0.277 e. The summed E-state index contributed by atoms with van der Waals surface area (Å²) in [5.41, 5.74) is 5.98. The molecule has 0 radical (unpaired) electrons. The molecule has 5 nitrogen and oxygen atoms in total. The number of primary amides is 1. The van der Waals surface area contributed by atoms with E-state index >= 15 is 0 Å². The van der Waals surface area contributed by atoms with E-state index in [1.165, 1.54) is 0 Å². The Morgan fingerprint density at radius 1 is 1.50 bits per heavy atom. The molecule has 18 heavy (non-hydrogen) atoms. The van der Waals surface area contributed by atoms with Crippen LogP contribution in [-0.4, -0.2) is 21.4 Å². The fraction of sp³-hybridized carbons (Fsp3) is 0.182. The lowest BCUT2D eigenvalue weighted by Crippen LogP contribution is -2.22. The van der Waals surface area contributed by atoms with Crippen molar-refractivity contribution in [2.45, 2.75) is 17.4 Å². The van der Waals surface area contributed by atoms with E-state index in [9.17, 15) is 4.79 Å². The Morgan fingerprint density at radius 3 is 2.94 bits per heavy atom. The van der Waals surface area contributed by atoms with Crippen LogP contribution in [0.2, 0.25) is 0 Å². The van der Waals surface area contributed by atoms with Crippen molar-refractivity contribution in [3.63, 3.8) is 0 Å². The first kappa shape index (κ1) is 13.1. The van der Waals surface area contributed by atoms with E-state index in [4.69, 9.17) is 10.2 Å². The van der Waals surface area contributed by atoms with Gasteiger partial charge in [0, 0.05) is 10.0 Å². The van der Waals surface area contributed by atoms with Crippen LogP contribution in [0.25, 0.3) is 11.5 Å². The molecule has 2 aromatic rings. The van der Waals surface area contributed by atoms with Gasteiger partial charge in [-0.25, -0.2) is 0 Å². The quantitative estimate of drug-likeness (QED) is 0.872. The molecule has 0 saturated heterocycles. The molecule has 1 heterocycles. The van der Waals surface area contributed by atoms with Gasteiger partial charge in [0.1, 0.15) is 0 Å². The van der Waals surface area contributed by atoms with Crippen LogP contribution >= 0.6 is 27.7 Å². The Bertz CT molecular complexity index is 573. The number of nitrogens with two attached hydrogens (primary N) is 1. The van der Waals surface area contributed by atoms with E-state index in [-0.39, 0.29) is 0 Å². The maximum atomic E-state index is 10.9. The first-order valence-corrected chi connectivity index (χ1v) is 6.79. The summed E-state index contributed by atoms with van der Waals surface area (Å²) in [4.78, 5) is 10.9. The Hall–Kier alpha value is -1.34. The summed E-state index contributed by atoms with van der Waals surface area (Å²) < 4.78 is 6.39. The molecular formula is C11H10BrN3O2S. The van der Waals surface area contributed by atoms with Gasteiger partial charge in [0.15, 0.2) is 0 Å². The molecule has 1 amide bonds. The van der Waals surface area contributed by atoms with Gasteiger partial charge in [-0.05, 0) is 25.1 Å². The highest BCUT2D eigenvalue weighted by Gasteiger charge is 2.16. The second-order valence-electron chi connectivity index (χ2n) is 3.55. The third-order valence-corrected chi connectivity index (χ3v) is 3.60. The summed E-state index contributed by atoms with van der Waals surface area (Å²) in [6.07, 6.45) is 0. The predicted octanol–water partition coefficient (Wildman–Crippen LogP) is 2.47. The first-order valence-electron chi connectivity index (χ1n) is 5.11. The number of carbonyl (C=O) groups excluding carboxylic acids is 1. The van der Waals surface area contributed by atoms with Gasteiger partial charge >= 0.3 is 0 Å². The molecule has 7 heteroatoms. The van der Waals surface area contributed by atoms with E-state index in [0.717, 1.165) is 21.8 Å². The van der Waals surface area contributed by atoms with Crippen LogP contribution in [0.4, 0.5) is 0 Å². The summed E-state index contributed by atoms with van der Waals surface area (Å²) in [7, 11) is 0. The molecule has 0 aliphatic heterocycles. The van der Waals surface area contributed by atoms with Crippen LogP contribution in [0.1, 0.15) is 6.92 Å². The standard InChI is InChI=1S/C11H10BrN3O2S/c1-6(9(13)16)18-11-15-14-10(17-11)7-3-2-4-8(12)5-7/h2-6H,1H3,(H2,13,16)/t6-/m1/s1. The van der Waals surface area contributed by atoms with Crippen molar-refractivity contribution in [1.29, 1.82) is 0 Å². The Kier molecular flexibility index (Phi) is 4.03. The Morgan fingerprint density at radius 2 is 2.28 bits per heavy atom. The van der Waals surface area contributed by atoms with E-state index in [2.05, 4.69) is 26.1 Å². The lowest BCUT2D eigenvalue weighted by Gasteiger charge is -2.01. The SMILES string of the molecule is C[C@@H](Sc1nnc(-c2cccc(Br)c2)o1)C(N)=O. The number of thioether (sulfide) groups is 1. The molecule has 94 valence electrons. The molecule has 1 aromatic heterocycles. The average molecular weight is 328 g/mol. The lowest BCUT2D eigenvalue weighted by atomic mass is 10.2. The minimum Gasteiger partial charge on any atom is -0.411 e. The lowest BCUT2D eigenvalue weighted by molar-refractivity contribution is -0.117. The van der Waals surface area contributed by atoms with Crippen LogP contribution in [-0.2, 0) is 4.79 Å². The van der Waals surface area contributed by atoms with E-state index in [1.807, 2.05) is 24.3 Å². The number of hydrogen-bond donors (Lipinski definition) is 1. The molecule has 1 aromatic carbocycles. The summed E-state index contributed by atoms with van der Waals surface area (Å²) >= 11 is 4.51. The maximum absolute atomic E-state index is 10.9. The van der Waals surface area contributed by atoms with Crippen LogP contribution < -0.4 is 5.73 Å². The molecule has 0 aliphatic carbocycles. The fourth-order valence-electron chi connectivity index (χ4n) is 1.20. The number of aromatic nitrogens is 2. The zero-order chi connectivity index (χ0) is 13.1. The fourth-order valence-corrected chi connectivity index (χ4v) is 2.24. The zero-order valence-electron chi connectivity index (χ0n) is 9.46. The molecule has 2 N–H and O–H groups in total. The van der Waals surface area contributed by atoms with E-state index in [1.54, 1.807) is 6.92 Å². The van der Waals surface area contributed by atoms with Crippen molar-refractivity contribution in [2.75, 3.05) is 0 Å². The normalized spacial score (nSPS) is 12.3. The van der Waals surface area contributed by atoms with Gasteiger partial charge in [-0.2, -0.15) is 0 Å².